The fourth-order valence-electron chi connectivity index (χ4n) is 1.81. The molecule has 0 spiro atoms. The lowest BCUT2D eigenvalue weighted by atomic mass is 10.0. The predicted octanol–water partition coefficient (Wildman–Crippen LogP) is 1.03. The maximum absolute atomic E-state index is 11.3. The summed E-state index contributed by atoms with van der Waals surface area (Å²) in [5.74, 6) is -0.437. The van der Waals surface area contributed by atoms with E-state index in [1.165, 1.54) is 4.90 Å². The predicted molar refractivity (Wildman–Crippen MR) is 55.3 cm³/mol. The van der Waals surface area contributed by atoms with Crippen LogP contribution >= 0.6 is 0 Å². The van der Waals surface area contributed by atoms with E-state index in [1.54, 1.807) is 20.8 Å². The molecule has 0 aliphatic heterocycles. The molecule has 1 aliphatic carbocycles. The Balaban J connectivity index is 2.94. The Kier molecular flexibility index (Phi) is 2.93. The first kappa shape index (κ1) is 11.8. The molecule has 0 aromatic heterocycles. The maximum atomic E-state index is 11.3. The van der Waals surface area contributed by atoms with Gasteiger partial charge in [0.25, 0.3) is 0 Å². The summed E-state index contributed by atoms with van der Waals surface area (Å²) in [6.07, 6.45) is 0.680. The minimum Gasteiger partial charge on any atom is -0.465 e. The minimum atomic E-state index is -1.08. The van der Waals surface area contributed by atoms with Gasteiger partial charge in [-0.3, -0.25) is 9.69 Å². The first-order valence-corrected chi connectivity index (χ1v) is 5.06. The van der Waals surface area contributed by atoms with Crippen LogP contribution in [0.2, 0.25) is 0 Å². The molecule has 15 heavy (non-hydrogen) atoms. The molecular formula is C10H18N2O3. The molecule has 0 saturated heterocycles. The monoisotopic (exact) mass is 214 g/mol. The number of nitrogens with zero attached hydrogens (tertiary/aromatic N) is 1. The van der Waals surface area contributed by atoms with Crippen molar-refractivity contribution >= 4 is 12.0 Å². The molecule has 0 aromatic carbocycles. The zero-order chi connectivity index (χ0) is 11.8. The molecule has 2 amide bonds. The van der Waals surface area contributed by atoms with Gasteiger partial charge in [0.15, 0.2) is 0 Å². The molecule has 0 bridgehead atoms. The van der Waals surface area contributed by atoms with Crippen molar-refractivity contribution in [3.8, 4) is 0 Å². The molecule has 1 fully saturated rings. The Morgan fingerprint density at radius 2 is 1.87 bits per heavy atom. The third kappa shape index (κ3) is 2.61. The molecule has 3 N–H and O–H groups in total. The van der Waals surface area contributed by atoms with E-state index in [0.29, 0.717) is 0 Å². The van der Waals surface area contributed by atoms with Crippen LogP contribution in [0.15, 0.2) is 0 Å². The molecule has 1 rings (SSSR count). The molecule has 0 radical (unpaired) electrons. The van der Waals surface area contributed by atoms with Crippen LogP contribution in [-0.4, -0.2) is 33.6 Å². The van der Waals surface area contributed by atoms with Crippen LogP contribution in [0.25, 0.3) is 0 Å². The number of rotatable bonds is 3. The van der Waals surface area contributed by atoms with Gasteiger partial charge >= 0.3 is 6.09 Å². The first-order chi connectivity index (χ1) is 6.75. The highest BCUT2D eigenvalue weighted by Gasteiger charge is 2.45. The number of hydrogen-bond donors (Lipinski definition) is 2. The molecule has 5 nitrogen and oxygen atoms in total. The smallest absolute Gasteiger partial charge is 0.408 e. The Labute approximate surface area is 89.2 Å². The third-order valence-corrected chi connectivity index (χ3v) is 2.57. The van der Waals surface area contributed by atoms with Crippen molar-refractivity contribution in [2.24, 2.45) is 11.7 Å². The van der Waals surface area contributed by atoms with Crippen LogP contribution in [0.3, 0.4) is 0 Å². The van der Waals surface area contributed by atoms with Crippen molar-refractivity contribution in [3.05, 3.63) is 0 Å². The van der Waals surface area contributed by atoms with Gasteiger partial charge in [-0.1, -0.05) is 0 Å². The van der Waals surface area contributed by atoms with Crippen molar-refractivity contribution in [3.63, 3.8) is 0 Å². The molecule has 86 valence electrons. The average molecular weight is 214 g/mol. The SMILES string of the molecule is CC(C)(C)N(C(=O)O)C(C(N)=O)C1CC1. The summed E-state index contributed by atoms with van der Waals surface area (Å²) in [5, 5.41) is 9.12. The molecule has 1 aliphatic rings. The number of primary amides is 1. The maximum Gasteiger partial charge on any atom is 0.408 e. The normalized spacial score (nSPS) is 18.3. The number of carboxylic acid groups (broad SMARTS) is 1. The van der Waals surface area contributed by atoms with Crippen LogP contribution in [0.4, 0.5) is 4.79 Å². The van der Waals surface area contributed by atoms with E-state index in [0.717, 1.165) is 12.8 Å². The Bertz CT molecular complexity index is 279. The Morgan fingerprint density at radius 1 is 1.40 bits per heavy atom. The van der Waals surface area contributed by atoms with E-state index in [4.69, 9.17) is 10.8 Å². The van der Waals surface area contributed by atoms with Crippen LogP contribution in [-0.2, 0) is 4.79 Å². The van der Waals surface area contributed by atoms with Crippen LogP contribution in [0.1, 0.15) is 33.6 Å². The molecule has 1 unspecified atom stereocenters. The highest BCUT2D eigenvalue weighted by molar-refractivity contribution is 5.85. The molecule has 1 atom stereocenters. The summed E-state index contributed by atoms with van der Waals surface area (Å²) in [5.41, 5.74) is 4.67. The van der Waals surface area contributed by atoms with Gasteiger partial charge in [0.1, 0.15) is 6.04 Å². The molecule has 0 heterocycles. The average Bonchev–Trinajstić information content (AvgIpc) is 2.77. The zero-order valence-electron chi connectivity index (χ0n) is 9.36. The van der Waals surface area contributed by atoms with Crippen LogP contribution in [0.5, 0.6) is 0 Å². The fraction of sp³-hybridized carbons (Fsp3) is 0.800. The summed E-state index contributed by atoms with van der Waals surface area (Å²) in [6.45, 7) is 5.29. The Morgan fingerprint density at radius 3 is 2.07 bits per heavy atom. The Hall–Kier alpha value is -1.26. The van der Waals surface area contributed by atoms with Crippen molar-refractivity contribution in [2.75, 3.05) is 0 Å². The van der Waals surface area contributed by atoms with Gasteiger partial charge in [0, 0.05) is 5.54 Å². The lowest BCUT2D eigenvalue weighted by molar-refractivity contribution is -0.125. The van der Waals surface area contributed by atoms with E-state index in [-0.39, 0.29) is 5.92 Å². The van der Waals surface area contributed by atoms with Crippen molar-refractivity contribution < 1.29 is 14.7 Å². The number of carbonyl (C=O) groups excluding carboxylic acids is 1. The number of hydrogen-bond acceptors (Lipinski definition) is 2. The number of nitrogens with two attached hydrogens (primary N) is 1. The second kappa shape index (κ2) is 3.72. The highest BCUT2D eigenvalue weighted by Crippen LogP contribution is 2.37. The lowest BCUT2D eigenvalue weighted by Crippen LogP contribution is -2.56. The number of carbonyl (C=O) groups is 2. The van der Waals surface area contributed by atoms with E-state index in [2.05, 4.69) is 0 Å². The molecular weight excluding hydrogens is 196 g/mol. The number of amides is 2. The summed E-state index contributed by atoms with van der Waals surface area (Å²) in [6, 6.07) is -0.678. The summed E-state index contributed by atoms with van der Waals surface area (Å²) in [7, 11) is 0. The first-order valence-electron chi connectivity index (χ1n) is 5.06. The third-order valence-electron chi connectivity index (χ3n) is 2.57. The standard InChI is InChI=1S/C10H18N2O3/c1-10(2,3)12(9(14)15)7(8(11)13)6-4-5-6/h6-7H,4-5H2,1-3H3,(H2,11,13)(H,14,15). The van der Waals surface area contributed by atoms with Crippen molar-refractivity contribution in [1.82, 2.24) is 4.90 Å². The van der Waals surface area contributed by atoms with E-state index < -0.39 is 23.6 Å². The quantitative estimate of drug-likeness (QED) is 0.735. The van der Waals surface area contributed by atoms with E-state index in [9.17, 15) is 9.59 Å². The van der Waals surface area contributed by atoms with Gasteiger partial charge in [-0.05, 0) is 39.5 Å². The minimum absolute atomic E-state index is 0.109. The largest absolute Gasteiger partial charge is 0.465 e. The van der Waals surface area contributed by atoms with E-state index >= 15 is 0 Å². The lowest BCUT2D eigenvalue weighted by Gasteiger charge is -2.38. The fourth-order valence-corrected chi connectivity index (χ4v) is 1.81. The summed E-state index contributed by atoms with van der Waals surface area (Å²) in [4.78, 5) is 23.6. The van der Waals surface area contributed by atoms with E-state index in [1.807, 2.05) is 0 Å². The molecule has 0 aromatic rings. The van der Waals surface area contributed by atoms with Gasteiger partial charge in [-0.15, -0.1) is 0 Å². The second-order valence-corrected chi connectivity index (χ2v) is 5.01. The summed E-state index contributed by atoms with van der Waals surface area (Å²) < 4.78 is 0. The van der Waals surface area contributed by atoms with Gasteiger partial charge in [-0.25, -0.2) is 4.79 Å². The van der Waals surface area contributed by atoms with Crippen molar-refractivity contribution in [1.29, 1.82) is 0 Å². The highest BCUT2D eigenvalue weighted by atomic mass is 16.4. The van der Waals surface area contributed by atoms with Crippen molar-refractivity contribution in [2.45, 2.75) is 45.2 Å². The molecule has 5 heteroatoms. The van der Waals surface area contributed by atoms with Crippen LogP contribution < -0.4 is 5.73 Å². The van der Waals surface area contributed by atoms with Gasteiger partial charge in [0.2, 0.25) is 5.91 Å². The topological polar surface area (TPSA) is 83.6 Å². The van der Waals surface area contributed by atoms with Crippen LogP contribution in [0, 0.1) is 5.92 Å². The van der Waals surface area contributed by atoms with Gasteiger partial charge in [0.05, 0.1) is 0 Å². The summed E-state index contributed by atoms with van der Waals surface area (Å²) >= 11 is 0. The second-order valence-electron chi connectivity index (χ2n) is 5.01. The van der Waals surface area contributed by atoms with Gasteiger partial charge < -0.3 is 10.8 Å². The van der Waals surface area contributed by atoms with Gasteiger partial charge in [-0.2, -0.15) is 0 Å². The zero-order valence-corrected chi connectivity index (χ0v) is 9.36. The molecule has 1 saturated carbocycles.